The Morgan fingerprint density at radius 2 is 1.86 bits per heavy atom. The number of likely N-dealkylation sites (N-methyl/N-ethyl adjacent to an activating group) is 1. The Balaban J connectivity index is 1.87. The van der Waals surface area contributed by atoms with Gasteiger partial charge >= 0.3 is 0 Å². The predicted molar refractivity (Wildman–Crippen MR) is 114 cm³/mol. The molecule has 1 aliphatic heterocycles. The quantitative estimate of drug-likeness (QED) is 0.786. The van der Waals surface area contributed by atoms with Gasteiger partial charge in [-0.25, -0.2) is 0 Å². The first-order valence-electron chi connectivity index (χ1n) is 10.5. The zero-order valence-corrected chi connectivity index (χ0v) is 17.2. The lowest BCUT2D eigenvalue weighted by molar-refractivity contribution is -0.125. The van der Waals surface area contributed by atoms with Crippen molar-refractivity contribution in [2.24, 2.45) is 0 Å². The van der Waals surface area contributed by atoms with Crippen LogP contribution in [-0.4, -0.2) is 37.8 Å². The fraction of sp³-hybridized carbons (Fsp3) is 0.458. The lowest BCUT2D eigenvalue weighted by atomic mass is 9.70. The monoisotopic (exact) mass is 394 g/mol. The molecule has 1 heterocycles. The van der Waals surface area contributed by atoms with Gasteiger partial charge in [0.15, 0.2) is 0 Å². The van der Waals surface area contributed by atoms with Gasteiger partial charge in [-0.1, -0.05) is 49.6 Å². The van der Waals surface area contributed by atoms with E-state index < -0.39 is 17.6 Å². The summed E-state index contributed by atoms with van der Waals surface area (Å²) in [4.78, 5) is 15.9. The highest BCUT2D eigenvalue weighted by molar-refractivity contribution is 6.09. The Bertz CT molecular complexity index is 862. The van der Waals surface area contributed by atoms with Crippen molar-refractivity contribution < 1.29 is 14.6 Å². The molecule has 1 aliphatic carbocycles. The van der Waals surface area contributed by atoms with Gasteiger partial charge in [0.1, 0.15) is 5.75 Å². The summed E-state index contributed by atoms with van der Waals surface area (Å²) < 4.78 is 5.49. The van der Waals surface area contributed by atoms with Crippen molar-refractivity contribution in [2.45, 2.75) is 49.7 Å². The molecule has 5 heteroatoms. The van der Waals surface area contributed by atoms with E-state index in [0.29, 0.717) is 6.54 Å². The standard InChI is InChI=1S/C24H30N2O3/c1-25-16-21(27)22(17-9-5-3-6-10-17)26-20-12-11-18(29-2)15-19(20)24(23(26)28)13-7-4-8-14-24/h3,5-6,9-12,15,21-22,25,27H,4,7-8,13-14,16H2,1-2H3/t21-,22+/m1/s1. The van der Waals surface area contributed by atoms with E-state index in [9.17, 15) is 9.90 Å². The minimum atomic E-state index is -0.722. The molecular formula is C24H30N2O3. The van der Waals surface area contributed by atoms with Crippen LogP contribution in [0.15, 0.2) is 48.5 Å². The number of benzene rings is 2. The van der Waals surface area contributed by atoms with E-state index in [1.807, 2.05) is 60.5 Å². The van der Waals surface area contributed by atoms with Gasteiger partial charge in [0, 0.05) is 12.2 Å². The predicted octanol–water partition coefficient (Wildman–Crippen LogP) is 3.57. The van der Waals surface area contributed by atoms with Crippen molar-refractivity contribution in [3.8, 4) is 5.75 Å². The number of fused-ring (bicyclic) bond motifs is 2. The highest BCUT2D eigenvalue weighted by Crippen LogP contribution is 2.53. The Kier molecular flexibility index (Phi) is 5.61. The molecule has 1 fully saturated rings. The molecule has 2 aliphatic rings. The van der Waals surface area contributed by atoms with Gasteiger partial charge in [0.25, 0.3) is 0 Å². The summed E-state index contributed by atoms with van der Waals surface area (Å²) in [5, 5.41) is 14.1. The van der Waals surface area contributed by atoms with Gasteiger partial charge in [0.05, 0.1) is 24.7 Å². The van der Waals surface area contributed by atoms with E-state index in [2.05, 4.69) is 5.32 Å². The summed E-state index contributed by atoms with van der Waals surface area (Å²) in [6, 6.07) is 15.3. The maximum Gasteiger partial charge on any atom is 0.238 e. The van der Waals surface area contributed by atoms with Crippen molar-refractivity contribution in [1.29, 1.82) is 0 Å². The van der Waals surface area contributed by atoms with E-state index in [4.69, 9.17) is 4.74 Å². The summed E-state index contributed by atoms with van der Waals surface area (Å²) in [6.45, 7) is 0.405. The van der Waals surface area contributed by atoms with Gasteiger partial charge < -0.3 is 20.1 Å². The van der Waals surface area contributed by atoms with E-state index >= 15 is 0 Å². The summed E-state index contributed by atoms with van der Waals surface area (Å²) >= 11 is 0. The van der Waals surface area contributed by atoms with Gasteiger partial charge in [-0.05, 0) is 49.2 Å². The van der Waals surface area contributed by atoms with Crippen LogP contribution < -0.4 is 15.0 Å². The summed E-state index contributed by atoms with van der Waals surface area (Å²) in [6.07, 6.45) is 4.24. The fourth-order valence-electron chi connectivity index (χ4n) is 5.12. The number of ether oxygens (including phenoxy) is 1. The van der Waals surface area contributed by atoms with Crippen LogP contribution in [0.25, 0.3) is 0 Å². The molecule has 0 radical (unpaired) electrons. The zero-order chi connectivity index (χ0) is 20.4. The molecule has 1 amide bonds. The molecule has 2 N–H and O–H groups in total. The number of anilines is 1. The number of hydrogen-bond donors (Lipinski definition) is 2. The molecule has 2 atom stereocenters. The molecule has 29 heavy (non-hydrogen) atoms. The van der Waals surface area contributed by atoms with Gasteiger partial charge in [-0.2, -0.15) is 0 Å². The zero-order valence-electron chi connectivity index (χ0n) is 17.2. The molecule has 2 aromatic carbocycles. The highest BCUT2D eigenvalue weighted by atomic mass is 16.5. The molecule has 2 aromatic rings. The minimum absolute atomic E-state index is 0.115. The van der Waals surface area contributed by atoms with Crippen LogP contribution in [0.4, 0.5) is 5.69 Å². The van der Waals surface area contributed by atoms with E-state index in [-0.39, 0.29) is 5.91 Å². The Morgan fingerprint density at radius 3 is 2.52 bits per heavy atom. The smallest absolute Gasteiger partial charge is 0.238 e. The summed E-state index contributed by atoms with van der Waals surface area (Å²) in [5.41, 5.74) is 2.40. The average Bonchev–Trinajstić information content (AvgIpc) is 2.98. The third kappa shape index (κ3) is 3.32. The molecule has 0 aromatic heterocycles. The largest absolute Gasteiger partial charge is 0.497 e. The summed E-state index contributed by atoms with van der Waals surface area (Å²) in [7, 11) is 3.48. The number of amides is 1. The average molecular weight is 395 g/mol. The van der Waals surface area contributed by atoms with Crippen LogP contribution in [0.2, 0.25) is 0 Å². The number of aliphatic hydroxyl groups excluding tert-OH is 1. The maximum atomic E-state index is 14.0. The molecular weight excluding hydrogens is 364 g/mol. The molecule has 1 saturated carbocycles. The van der Waals surface area contributed by atoms with E-state index in [1.165, 1.54) is 6.42 Å². The topological polar surface area (TPSA) is 61.8 Å². The second-order valence-corrected chi connectivity index (χ2v) is 8.18. The Morgan fingerprint density at radius 1 is 1.14 bits per heavy atom. The first-order chi connectivity index (χ1) is 14.1. The fourth-order valence-corrected chi connectivity index (χ4v) is 5.12. The third-order valence-electron chi connectivity index (χ3n) is 6.51. The van der Waals surface area contributed by atoms with E-state index in [0.717, 1.165) is 48.2 Å². The first kappa shape index (κ1) is 19.9. The van der Waals surface area contributed by atoms with Crippen molar-refractivity contribution >= 4 is 11.6 Å². The number of methoxy groups -OCH3 is 1. The molecule has 1 spiro atoms. The number of carbonyl (C=O) groups is 1. The Labute approximate surface area is 172 Å². The van der Waals surface area contributed by atoms with Gasteiger partial charge in [-0.3, -0.25) is 4.79 Å². The molecule has 0 unspecified atom stereocenters. The van der Waals surface area contributed by atoms with Crippen LogP contribution in [0.1, 0.15) is 49.3 Å². The third-order valence-corrected chi connectivity index (χ3v) is 6.51. The number of nitrogens with one attached hydrogen (secondary N) is 1. The number of carbonyl (C=O) groups excluding carboxylic acids is 1. The number of rotatable bonds is 6. The van der Waals surface area contributed by atoms with Crippen molar-refractivity contribution in [3.05, 3.63) is 59.7 Å². The lowest BCUT2D eigenvalue weighted by Gasteiger charge is -2.36. The summed E-state index contributed by atoms with van der Waals surface area (Å²) in [5.74, 6) is 0.889. The highest BCUT2D eigenvalue weighted by Gasteiger charge is 2.53. The second-order valence-electron chi connectivity index (χ2n) is 8.18. The van der Waals surface area contributed by atoms with Crippen LogP contribution in [0.5, 0.6) is 5.75 Å². The van der Waals surface area contributed by atoms with Crippen LogP contribution in [-0.2, 0) is 10.2 Å². The number of nitrogens with zero attached hydrogens (tertiary/aromatic N) is 1. The number of aliphatic hydroxyl groups is 1. The minimum Gasteiger partial charge on any atom is -0.497 e. The second kappa shape index (κ2) is 8.17. The van der Waals surface area contributed by atoms with E-state index in [1.54, 1.807) is 7.11 Å². The SMILES string of the molecule is CNC[C@@H](O)[C@H](c1ccccc1)N1C(=O)C2(CCCCC2)c2cc(OC)ccc21. The lowest BCUT2D eigenvalue weighted by Crippen LogP contribution is -2.47. The van der Waals surface area contributed by atoms with Crippen molar-refractivity contribution in [2.75, 3.05) is 25.6 Å². The van der Waals surface area contributed by atoms with Crippen molar-refractivity contribution in [3.63, 3.8) is 0 Å². The maximum absolute atomic E-state index is 14.0. The molecule has 0 bridgehead atoms. The van der Waals surface area contributed by atoms with Gasteiger partial charge in [0.2, 0.25) is 5.91 Å². The first-order valence-corrected chi connectivity index (χ1v) is 10.5. The molecule has 154 valence electrons. The van der Waals surface area contributed by atoms with Gasteiger partial charge in [-0.15, -0.1) is 0 Å². The normalized spacial score (nSPS) is 19.8. The Hall–Kier alpha value is -2.37. The molecule has 5 nitrogen and oxygen atoms in total. The van der Waals surface area contributed by atoms with Crippen molar-refractivity contribution in [1.82, 2.24) is 5.32 Å². The van der Waals surface area contributed by atoms with Crippen LogP contribution >= 0.6 is 0 Å². The molecule has 0 saturated heterocycles. The van der Waals surface area contributed by atoms with Crippen LogP contribution in [0.3, 0.4) is 0 Å². The molecule has 4 rings (SSSR count). The van der Waals surface area contributed by atoms with Crippen LogP contribution in [0, 0.1) is 0 Å². The number of hydrogen-bond acceptors (Lipinski definition) is 4.